The fourth-order valence-electron chi connectivity index (χ4n) is 6.61. The van der Waals surface area contributed by atoms with Crippen molar-refractivity contribution in [1.82, 2.24) is 19.4 Å². The number of likely N-dealkylation sites (N-methyl/N-ethyl adjacent to an activating group) is 1. The van der Waals surface area contributed by atoms with Crippen LogP contribution >= 0.6 is 0 Å². The number of ether oxygens (including phenoxy) is 2. The predicted molar refractivity (Wildman–Crippen MR) is 146 cm³/mol. The van der Waals surface area contributed by atoms with Crippen LogP contribution in [0.25, 0.3) is 6.08 Å². The van der Waals surface area contributed by atoms with Crippen molar-refractivity contribution in [2.45, 2.75) is 84.3 Å². The number of allylic oxidation sites excluding steroid dienone is 3. The molecule has 38 heavy (non-hydrogen) atoms. The van der Waals surface area contributed by atoms with E-state index < -0.39 is 5.92 Å². The molecule has 1 aromatic rings. The van der Waals surface area contributed by atoms with Gasteiger partial charge in [0.15, 0.2) is 6.73 Å². The van der Waals surface area contributed by atoms with Crippen LogP contribution in [-0.4, -0.2) is 72.1 Å². The van der Waals surface area contributed by atoms with Crippen LogP contribution in [0, 0.1) is 5.92 Å². The summed E-state index contributed by atoms with van der Waals surface area (Å²) in [6.07, 6.45) is 8.44. The zero-order chi connectivity index (χ0) is 27.0. The number of carbonyl (C=O) groups is 2. The maximum absolute atomic E-state index is 14.1. The number of aromatic nitrogens is 2. The number of likely N-dealkylation sites (tertiary alicyclic amines) is 1. The summed E-state index contributed by atoms with van der Waals surface area (Å²) >= 11 is 0. The van der Waals surface area contributed by atoms with Gasteiger partial charge in [-0.2, -0.15) is 9.97 Å². The van der Waals surface area contributed by atoms with E-state index in [1.807, 2.05) is 6.92 Å². The van der Waals surface area contributed by atoms with Crippen LogP contribution in [0.2, 0.25) is 0 Å². The van der Waals surface area contributed by atoms with Gasteiger partial charge in [-0.3, -0.25) is 14.5 Å². The van der Waals surface area contributed by atoms with E-state index in [2.05, 4.69) is 31.9 Å². The summed E-state index contributed by atoms with van der Waals surface area (Å²) in [6, 6.07) is 0.285. The maximum Gasteiger partial charge on any atom is 0.249 e. The lowest BCUT2D eigenvalue weighted by molar-refractivity contribution is -0.123. The SMILES string of the molecule is CCC/C(C(=O)c1nc(OC(C)[C@@H]2CCCN2C)c2c(n1)[N+]1(CCOC1)C(C)=C2)=C(/N)[C@H]1CCCCC1=O. The summed E-state index contributed by atoms with van der Waals surface area (Å²) in [5.41, 5.74) is 9.38. The van der Waals surface area contributed by atoms with E-state index in [9.17, 15) is 9.59 Å². The minimum absolute atomic E-state index is 0.0906. The molecule has 0 aromatic carbocycles. The summed E-state index contributed by atoms with van der Waals surface area (Å²) in [6.45, 7) is 9.04. The van der Waals surface area contributed by atoms with E-state index in [0.29, 0.717) is 54.2 Å². The Balaban J connectivity index is 1.57. The van der Waals surface area contributed by atoms with Gasteiger partial charge in [-0.1, -0.05) is 19.8 Å². The topological polar surface area (TPSA) is 108 Å². The zero-order valence-corrected chi connectivity index (χ0v) is 23.3. The smallest absolute Gasteiger partial charge is 0.249 e. The quantitative estimate of drug-likeness (QED) is 0.309. The van der Waals surface area contributed by atoms with E-state index in [1.54, 1.807) is 0 Å². The first-order chi connectivity index (χ1) is 18.3. The minimum atomic E-state index is -0.397. The number of carbonyl (C=O) groups excluding carboxylic acids is 2. The van der Waals surface area contributed by atoms with Crippen LogP contribution in [0.3, 0.4) is 0 Å². The Morgan fingerprint density at radius 2 is 2.11 bits per heavy atom. The van der Waals surface area contributed by atoms with Gasteiger partial charge < -0.3 is 15.2 Å². The molecule has 2 unspecified atom stereocenters. The first-order valence-electron chi connectivity index (χ1n) is 14.3. The Kier molecular flexibility index (Phi) is 7.71. The lowest BCUT2D eigenvalue weighted by atomic mass is 9.83. The summed E-state index contributed by atoms with van der Waals surface area (Å²) < 4.78 is 12.8. The molecule has 3 fully saturated rings. The van der Waals surface area contributed by atoms with Crippen molar-refractivity contribution < 1.29 is 19.1 Å². The molecule has 0 radical (unpaired) electrons. The number of nitrogens with two attached hydrogens (primary N) is 1. The molecular formula is C29H42N5O4+. The summed E-state index contributed by atoms with van der Waals surface area (Å²) in [4.78, 5) is 38.7. The number of rotatable bonds is 8. The molecule has 1 aromatic heterocycles. The molecule has 5 rings (SSSR count). The van der Waals surface area contributed by atoms with Gasteiger partial charge in [0, 0.05) is 36.7 Å². The van der Waals surface area contributed by atoms with Crippen LogP contribution in [0.1, 0.15) is 88.3 Å². The second kappa shape index (κ2) is 10.9. The van der Waals surface area contributed by atoms with Gasteiger partial charge in [0.1, 0.15) is 36.3 Å². The molecule has 1 saturated carbocycles. The van der Waals surface area contributed by atoms with Crippen molar-refractivity contribution in [2.75, 3.05) is 33.5 Å². The van der Waals surface area contributed by atoms with Gasteiger partial charge >= 0.3 is 0 Å². The maximum atomic E-state index is 14.1. The molecule has 4 heterocycles. The van der Waals surface area contributed by atoms with Crippen LogP contribution in [0.15, 0.2) is 17.0 Å². The molecule has 1 aliphatic carbocycles. The van der Waals surface area contributed by atoms with E-state index in [-0.39, 0.29) is 29.5 Å². The van der Waals surface area contributed by atoms with Gasteiger partial charge in [-0.25, -0.2) is 4.48 Å². The van der Waals surface area contributed by atoms with Crippen molar-refractivity contribution in [3.63, 3.8) is 0 Å². The van der Waals surface area contributed by atoms with Crippen LogP contribution in [-0.2, 0) is 9.53 Å². The standard InChI is InChI=1S/C29H41N5O4/c1-5-9-21(25(30)20-10-6-7-12-24(20)35)26(36)27-31-28-22(16-18(2)34(28)14-15-37-17-34)29(32-27)38-19(3)23-11-8-13-33(23)4/h16,19-20,23H,5-15,17H2,1-4H3,(H-,30,36)/p+1/t19?,20-,23-,34?/m0/s1. The van der Waals surface area contributed by atoms with E-state index in [1.165, 1.54) is 0 Å². The highest BCUT2D eigenvalue weighted by Gasteiger charge is 2.47. The molecule has 206 valence electrons. The zero-order valence-electron chi connectivity index (χ0n) is 23.3. The number of quaternary nitrogens is 1. The third kappa shape index (κ3) is 4.69. The number of nitrogens with zero attached hydrogens (tertiary/aromatic N) is 4. The van der Waals surface area contributed by atoms with Crippen molar-refractivity contribution in [1.29, 1.82) is 0 Å². The molecule has 3 aliphatic heterocycles. The molecule has 1 spiro atoms. The third-order valence-corrected chi connectivity index (χ3v) is 8.93. The monoisotopic (exact) mass is 524 g/mol. The Morgan fingerprint density at radius 1 is 1.29 bits per heavy atom. The Hall–Kier alpha value is -2.62. The number of ketones is 2. The lowest BCUT2D eigenvalue weighted by Crippen LogP contribution is -2.44. The molecule has 9 heteroatoms. The number of fused-ring (bicyclic) bond motifs is 2. The largest absolute Gasteiger partial charge is 0.472 e. The molecule has 4 atom stereocenters. The molecule has 0 amide bonds. The van der Waals surface area contributed by atoms with Gasteiger partial charge in [-0.05, 0) is 52.6 Å². The van der Waals surface area contributed by atoms with Gasteiger partial charge in [0.2, 0.25) is 23.3 Å². The second-order valence-electron chi connectivity index (χ2n) is 11.4. The normalized spacial score (nSPS) is 28.8. The Morgan fingerprint density at radius 3 is 2.76 bits per heavy atom. The molecule has 2 N–H and O–H groups in total. The molecule has 4 aliphatic rings. The van der Waals surface area contributed by atoms with Gasteiger partial charge in [0.25, 0.3) is 0 Å². The first kappa shape index (κ1) is 27.0. The van der Waals surface area contributed by atoms with E-state index in [4.69, 9.17) is 25.2 Å². The van der Waals surface area contributed by atoms with E-state index in [0.717, 1.165) is 62.3 Å². The van der Waals surface area contributed by atoms with Gasteiger partial charge in [0.05, 0.1) is 5.92 Å². The Bertz CT molecular complexity index is 1170. The van der Waals surface area contributed by atoms with Crippen LogP contribution in [0.5, 0.6) is 5.88 Å². The van der Waals surface area contributed by atoms with Crippen molar-refractivity contribution in [2.24, 2.45) is 11.7 Å². The average molecular weight is 525 g/mol. The molecule has 0 bridgehead atoms. The minimum Gasteiger partial charge on any atom is -0.472 e. The van der Waals surface area contributed by atoms with Gasteiger partial charge in [-0.15, -0.1) is 0 Å². The highest BCUT2D eigenvalue weighted by Crippen LogP contribution is 2.44. The summed E-state index contributed by atoms with van der Waals surface area (Å²) in [5, 5.41) is 0. The van der Waals surface area contributed by atoms with Crippen molar-refractivity contribution >= 4 is 23.5 Å². The number of hydrogen-bond acceptors (Lipinski definition) is 8. The lowest BCUT2D eigenvalue weighted by Gasteiger charge is -2.29. The predicted octanol–water partition coefficient (Wildman–Crippen LogP) is 3.96. The highest BCUT2D eigenvalue weighted by molar-refractivity contribution is 6.07. The highest BCUT2D eigenvalue weighted by atomic mass is 16.5. The fourth-order valence-corrected chi connectivity index (χ4v) is 6.61. The van der Waals surface area contributed by atoms with Crippen LogP contribution in [0.4, 0.5) is 5.82 Å². The van der Waals surface area contributed by atoms with E-state index >= 15 is 0 Å². The fraction of sp³-hybridized carbons (Fsp3) is 0.655. The van der Waals surface area contributed by atoms with Crippen LogP contribution < -0.4 is 15.0 Å². The third-order valence-electron chi connectivity index (χ3n) is 8.93. The second-order valence-corrected chi connectivity index (χ2v) is 11.4. The summed E-state index contributed by atoms with van der Waals surface area (Å²) in [5.74, 6) is 0.712. The number of Topliss-reactive ketones (excluding diaryl/α,β-unsaturated/α-hetero) is 2. The number of hydrogen-bond donors (Lipinski definition) is 1. The van der Waals surface area contributed by atoms with Crippen molar-refractivity contribution in [3.05, 3.63) is 28.4 Å². The molecular weight excluding hydrogens is 482 g/mol. The summed E-state index contributed by atoms with van der Waals surface area (Å²) in [7, 11) is 2.12. The Labute approximate surface area is 225 Å². The first-order valence-corrected chi connectivity index (χ1v) is 14.3. The molecule has 9 nitrogen and oxygen atoms in total. The molecule has 2 saturated heterocycles. The van der Waals surface area contributed by atoms with Crippen molar-refractivity contribution in [3.8, 4) is 5.88 Å². The average Bonchev–Trinajstić information content (AvgIpc) is 3.63.